The van der Waals surface area contributed by atoms with E-state index < -0.39 is 10.0 Å². The molecule has 3 aromatic rings. The number of primary sulfonamides is 1. The van der Waals surface area contributed by atoms with Gasteiger partial charge in [-0.15, -0.1) is 0 Å². The van der Waals surface area contributed by atoms with Gasteiger partial charge in [0.25, 0.3) is 5.91 Å². The lowest BCUT2D eigenvalue weighted by molar-refractivity contribution is -0.117. The van der Waals surface area contributed by atoms with Crippen molar-refractivity contribution in [1.82, 2.24) is 0 Å². The van der Waals surface area contributed by atoms with Gasteiger partial charge in [-0.25, -0.2) is 13.6 Å². The van der Waals surface area contributed by atoms with E-state index in [1.807, 2.05) is 25.1 Å². The summed E-state index contributed by atoms with van der Waals surface area (Å²) in [5.74, 6) is -0.415. The predicted octanol–water partition coefficient (Wildman–Crippen LogP) is 3.14. The number of anilines is 2. The molecular weight excluding hydrogens is 430 g/mol. The Balaban J connectivity index is 1.76. The lowest BCUT2D eigenvalue weighted by Gasteiger charge is -2.40. The molecule has 2 heterocycles. The number of nitrogens with two attached hydrogens (primary N) is 1. The van der Waals surface area contributed by atoms with Gasteiger partial charge in [-0.2, -0.15) is 0 Å². The maximum Gasteiger partial charge on any atom is 0.294 e. The number of carbonyl (C=O) groups is 2. The van der Waals surface area contributed by atoms with E-state index >= 15 is 0 Å². The molecule has 1 aliphatic heterocycles. The van der Waals surface area contributed by atoms with E-state index in [9.17, 15) is 18.0 Å². The van der Waals surface area contributed by atoms with E-state index in [2.05, 4.69) is 0 Å². The predicted molar refractivity (Wildman–Crippen MR) is 122 cm³/mol. The highest BCUT2D eigenvalue weighted by molar-refractivity contribution is 7.88. The number of hydrogen-bond donors (Lipinski definition) is 1. The van der Waals surface area contributed by atoms with Crippen LogP contribution in [0.1, 0.15) is 30.0 Å². The Kier molecular flexibility index (Phi) is 5.62. The number of hydrogen-bond acceptors (Lipinski definition) is 5. The van der Waals surface area contributed by atoms with Crippen LogP contribution in [0.4, 0.5) is 11.4 Å². The van der Waals surface area contributed by atoms with Gasteiger partial charge in [-0.1, -0.05) is 30.3 Å². The molecular formula is C23H23N3O5S. The third-order valence-electron chi connectivity index (χ3n) is 5.38. The normalized spacial score (nSPS) is 16.0. The van der Waals surface area contributed by atoms with E-state index in [4.69, 9.17) is 9.56 Å². The first-order valence-electron chi connectivity index (χ1n) is 10.0. The molecule has 0 bridgehead atoms. The highest BCUT2D eigenvalue weighted by Gasteiger charge is 2.35. The van der Waals surface area contributed by atoms with Gasteiger partial charge in [0.2, 0.25) is 15.9 Å². The summed E-state index contributed by atoms with van der Waals surface area (Å²) in [7, 11) is -3.62. The van der Waals surface area contributed by atoms with E-state index in [0.29, 0.717) is 23.5 Å². The third-order valence-corrected chi connectivity index (χ3v) is 6.12. The molecule has 9 heteroatoms. The second kappa shape index (κ2) is 8.25. The van der Waals surface area contributed by atoms with Crippen molar-refractivity contribution in [3.63, 3.8) is 0 Å². The maximum absolute atomic E-state index is 13.1. The highest BCUT2D eigenvalue weighted by Crippen LogP contribution is 2.39. The Morgan fingerprint density at radius 2 is 1.75 bits per heavy atom. The zero-order valence-electron chi connectivity index (χ0n) is 17.7. The molecule has 2 N–H and O–H groups in total. The number of nitrogens with zero attached hydrogens (tertiary/aromatic N) is 2. The summed E-state index contributed by atoms with van der Waals surface area (Å²) in [5.41, 5.74) is 3.49. The van der Waals surface area contributed by atoms with Gasteiger partial charge in [0.1, 0.15) is 0 Å². The molecule has 4 rings (SSSR count). The van der Waals surface area contributed by atoms with Crippen molar-refractivity contribution in [2.24, 2.45) is 5.14 Å². The zero-order valence-corrected chi connectivity index (χ0v) is 18.5. The molecule has 0 unspecified atom stereocenters. The summed E-state index contributed by atoms with van der Waals surface area (Å²) in [6.45, 7) is 3.72. The first-order chi connectivity index (χ1) is 15.1. The molecule has 0 spiro atoms. The molecule has 2 amide bonds. The van der Waals surface area contributed by atoms with Crippen molar-refractivity contribution in [3.05, 3.63) is 72.2 Å². The van der Waals surface area contributed by atoms with Crippen LogP contribution in [0.5, 0.6) is 0 Å². The van der Waals surface area contributed by atoms with Gasteiger partial charge in [0.05, 0.1) is 29.4 Å². The van der Waals surface area contributed by atoms with Gasteiger partial charge in [0, 0.05) is 13.5 Å². The summed E-state index contributed by atoms with van der Waals surface area (Å²) in [6.07, 6.45) is 1.45. The van der Waals surface area contributed by atoms with Crippen LogP contribution in [0, 0.1) is 0 Å². The fraction of sp³-hybridized carbons (Fsp3) is 0.217. The van der Waals surface area contributed by atoms with Crippen LogP contribution in [-0.4, -0.2) is 32.8 Å². The summed E-state index contributed by atoms with van der Waals surface area (Å²) in [5, 5.41) is 5.12. The highest BCUT2D eigenvalue weighted by atomic mass is 32.2. The fourth-order valence-electron chi connectivity index (χ4n) is 4.04. The molecule has 2 aromatic carbocycles. The van der Waals surface area contributed by atoms with Gasteiger partial charge in [-0.3, -0.25) is 9.59 Å². The average molecular weight is 454 g/mol. The van der Waals surface area contributed by atoms with E-state index in [-0.39, 0.29) is 29.4 Å². The quantitative estimate of drug-likeness (QED) is 0.652. The summed E-state index contributed by atoms with van der Waals surface area (Å²) >= 11 is 0. The number of fused-ring (bicyclic) bond motifs is 1. The van der Waals surface area contributed by atoms with Crippen molar-refractivity contribution in [1.29, 1.82) is 0 Å². The Morgan fingerprint density at radius 1 is 1.06 bits per heavy atom. The van der Waals surface area contributed by atoms with E-state index in [1.54, 1.807) is 46.2 Å². The molecule has 0 saturated heterocycles. The van der Waals surface area contributed by atoms with E-state index in [1.165, 1.54) is 13.2 Å². The fourth-order valence-corrected chi connectivity index (χ4v) is 4.69. The number of amides is 2. The monoisotopic (exact) mass is 453 g/mol. The van der Waals surface area contributed by atoms with E-state index in [0.717, 1.165) is 11.1 Å². The summed E-state index contributed by atoms with van der Waals surface area (Å²) in [4.78, 5) is 28.8. The SMILES string of the molecule is CC(=O)N1c2ccc(-c3ccc(CS(N)(=O)=O)cc3)cc2N(C(=O)c2ccco2)C[C@@H]1C. The molecule has 166 valence electrons. The molecule has 0 fully saturated rings. The average Bonchev–Trinajstić information content (AvgIpc) is 3.26. The first-order valence-corrected chi connectivity index (χ1v) is 11.7. The Morgan fingerprint density at radius 3 is 2.34 bits per heavy atom. The smallest absolute Gasteiger partial charge is 0.294 e. The lowest BCUT2D eigenvalue weighted by Crippen LogP contribution is -2.51. The number of sulfonamides is 1. The third kappa shape index (κ3) is 4.30. The molecule has 0 radical (unpaired) electrons. The topological polar surface area (TPSA) is 114 Å². The maximum atomic E-state index is 13.1. The van der Waals surface area contributed by atoms with Gasteiger partial charge in [0.15, 0.2) is 5.76 Å². The number of benzene rings is 2. The second-order valence-electron chi connectivity index (χ2n) is 7.84. The first kappa shape index (κ1) is 21.8. The second-order valence-corrected chi connectivity index (χ2v) is 9.45. The van der Waals surface area contributed by atoms with Crippen molar-refractivity contribution in [2.75, 3.05) is 16.3 Å². The minimum absolute atomic E-state index is 0.107. The molecule has 1 atom stereocenters. The summed E-state index contributed by atoms with van der Waals surface area (Å²) in [6, 6.07) is 15.6. The molecule has 0 aliphatic carbocycles. The van der Waals surface area contributed by atoms with Crippen LogP contribution >= 0.6 is 0 Å². The number of carbonyl (C=O) groups excluding carboxylic acids is 2. The van der Waals surface area contributed by atoms with Crippen LogP contribution in [0.15, 0.2) is 65.3 Å². The van der Waals surface area contributed by atoms with Gasteiger partial charge >= 0.3 is 0 Å². The van der Waals surface area contributed by atoms with Gasteiger partial charge in [-0.05, 0) is 47.9 Å². The van der Waals surface area contributed by atoms with Crippen molar-refractivity contribution in [3.8, 4) is 11.1 Å². The number of furan rings is 1. The van der Waals surface area contributed by atoms with Crippen LogP contribution < -0.4 is 14.9 Å². The van der Waals surface area contributed by atoms with Crippen molar-refractivity contribution in [2.45, 2.75) is 25.6 Å². The van der Waals surface area contributed by atoms with Gasteiger partial charge < -0.3 is 14.2 Å². The zero-order chi connectivity index (χ0) is 23.0. The minimum atomic E-state index is -3.62. The van der Waals surface area contributed by atoms with Crippen molar-refractivity contribution < 1.29 is 22.4 Å². The Hall–Kier alpha value is -3.43. The summed E-state index contributed by atoms with van der Waals surface area (Å²) < 4.78 is 28.0. The van der Waals surface area contributed by atoms with Crippen LogP contribution in [0.25, 0.3) is 11.1 Å². The van der Waals surface area contributed by atoms with Crippen molar-refractivity contribution >= 4 is 33.2 Å². The molecule has 1 aromatic heterocycles. The molecule has 32 heavy (non-hydrogen) atoms. The minimum Gasteiger partial charge on any atom is -0.459 e. The Labute approximate surface area is 186 Å². The number of rotatable bonds is 4. The molecule has 0 saturated carbocycles. The Bertz CT molecular complexity index is 1270. The van der Waals surface area contributed by atoms with Crippen LogP contribution in [0.2, 0.25) is 0 Å². The van der Waals surface area contributed by atoms with Crippen LogP contribution in [0.3, 0.4) is 0 Å². The lowest BCUT2D eigenvalue weighted by atomic mass is 9.99. The standard InChI is InChI=1S/C23H23N3O5S/c1-15-13-25(23(28)22-4-3-11-31-22)21-12-19(9-10-20(21)26(15)16(2)27)18-7-5-17(6-8-18)14-32(24,29)30/h3-12,15H,13-14H2,1-2H3,(H2,24,29,30)/t15-/m0/s1. The molecule has 1 aliphatic rings. The van der Waals surface area contributed by atoms with Crippen LogP contribution in [-0.2, 0) is 20.6 Å². The molecule has 8 nitrogen and oxygen atoms in total. The largest absolute Gasteiger partial charge is 0.459 e.